The minimum absolute atomic E-state index is 0.00203. The standard InChI is InChI=1S/C17H19F3N4O2.C15H15F3N4O2/c1-3-26-15(25)13-10-24(23-22-13)11-8-12(18)14(21-9-11)16(2)4-6-17(19,20)7-5-16;1-14(2-4-15(17,18)5-3-14)12-10(16)6-9(7-19-12)22-8-11(13(23)24)20-21-22/h8-10H,3-7H2,1-2H3;6-8H,2-5H2,1H3,(H,23,24). The van der Waals surface area contributed by atoms with E-state index < -0.39 is 46.2 Å². The Hall–Kier alpha value is -4.90. The fourth-order valence-electron chi connectivity index (χ4n) is 5.98. The Bertz CT molecular complexity index is 1860. The quantitative estimate of drug-likeness (QED) is 0.168. The fraction of sp³-hybridized carbons (Fsp3) is 0.500. The molecule has 4 heterocycles. The number of hydrogen-bond acceptors (Lipinski definition) is 9. The summed E-state index contributed by atoms with van der Waals surface area (Å²) in [6, 6.07) is 2.37. The van der Waals surface area contributed by atoms with Gasteiger partial charge in [-0.05, 0) is 32.6 Å². The van der Waals surface area contributed by atoms with Crippen molar-refractivity contribution in [1.82, 2.24) is 40.0 Å². The molecule has 12 nitrogen and oxygen atoms in total. The molecule has 1 N–H and O–H groups in total. The molecule has 4 aromatic heterocycles. The van der Waals surface area contributed by atoms with Crippen LogP contribution in [-0.4, -0.2) is 75.5 Å². The second kappa shape index (κ2) is 13.8. The topological polar surface area (TPSA) is 151 Å². The van der Waals surface area contributed by atoms with Gasteiger partial charge in [-0.3, -0.25) is 9.97 Å². The summed E-state index contributed by atoms with van der Waals surface area (Å²) in [6.45, 7) is 5.35. The van der Waals surface area contributed by atoms with Crippen molar-refractivity contribution in [2.45, 2.75) is 94.8 Å². The summed E-state index contributed by atoms with van der Waals surface area (Å²) in [5.41, 5.74) is -0.969. The Labute approximate surface area is 281 Å². The van der Waals surface area contributed by atoms with E-state index in [0.29, 0.717) is 0 Å². The first-order valence-electron chi connectivity index (χ1n) is 15.8. The number of alkyl halides is 4. The zero-order valence-electron chi connectivity index (χ0n) is 27.3. The van der Waals surface area contributed by atoms with Crippen LogP contribution in [0.1, 0.15) is 105 Å². The molecule has 0 spiro atoms. The predicted molar refractivity (Wildman–Crippen MR) is 163 cm³/mol. The number of halogens is 6. The number of carbonyl (C=O) groups is 2. The molecule has 0 atom stereocenters. The zero-order chi connectivity index (χ0) is 36.5. The van der Waals surface area contributed by atoms with E-state index in [9.17, 15) is 35.9 Å². The van der Waals surface area contributed by atoms with E-state index in [-0.39, 0.29) is 92.1 Å². The predicted octanol–water partition coefficient (Wildman–Crippen LogP) is 6.41. The average Bonchev–Trinajstić information content (AvgIpc) is 3.76. The van der Waals surface area contributed by atoms with E-state index in [1.165, 1.54) is 29.3 Å². The van der Waals surface area contributed by atoms with Crippen molar-refractivity contribution in [2.75, 3.05) is 6.61 Å². The lowest BCUT2D eigenvalue weighted by atomic mass is 9.72. The van der Waals surface area contributed by atoms with Crippen molar-refractivity contribution in [3.8, 4) is 11.4 Å². The second-order valence-electron chi connectivity index (χ2n) is 13.0. The van der Waals surface area contributed by atoms with Gasteiger partial charge in [0.1, 0.15) is 11.6 Å². The SMILES string of the molecule is CC1(c2ncc(-n3cc(C(=O)O)nn3)cc2F)CCC(F)(F)CC1.CCOC(=O)c1cn(-c2cnc(C3(C)CCC(F)(F)CC3)c(F)c2)nn1. The van der Waals surface area contributed by atoms with Gasteiger partial charge in [0.15, 0.2) is 11.4 Å². The average molecular weight is 709 g/mol. The van der Waals surface area contributed by atoms with Crippen LogP contribution in [-0.2, 0) is 15.6 Å². The van der Waals surface area contributed by atoms with Crippen LogP contribution in [0.2, 0.25) is 0 Å². The number of carbonyl (C=O) groups excluding carboxylic acids is 1. The monoisotopic (exact) mass is 708 g/mol. The molecule has 2 saturated carbocycles. The summed E-state index contributed by atoms with van der Waals surface area (Å²) in [5.74, 6) is -8.50. The van der Waals surface area contributed by atoms with Crippen LogP contribution >= 0.6 is 0 Å². The van der Waals surface area contributed by atoms with Gasteiger partial charge in [-0.1, -0.05) is 24.3 Å². The first-order valence-corrected chi connectivity index (χ1v) is 15.8. The molecule has 0 aromatic carbocycles. The number of carboxylic acids is 1. The normalized spacial score (nSPS) is 18.8. The molecule has 0 unspecified atom stereocenters. The van der Waals surface area contributed by atoms with Crippen LogP contribution in [0, 0.1) is 11.6 Å². The van der Waals surface area contributed by atoms with Crippen LogP contribution in [0.15, 0.2) is 36.9 Å². The Morgan fingerprint density at radius 2 is 1.14 bits per heavy atom. The van der Waals surface area contributed by atoms with Crippen LogP contribution in [0.5, 0.6) is 0 Å². The molecule has 0 amide bonds. The van der Waals surface area contributed by atoms with Gasteiger partial charge in [0.25, 0.3) is 0 Å². The Balaban J connectivity index is 0.000000195. The summed E-state index contributed by atoms with van der Waals surface area (Å²) in [4.78, 5) is 30.7. The number of hydrogen-bond donors (Lipinski definition) is 1. The fourth-order valence-corrected chi connectivity index (χ4v) is 5.98. The van der Waals surface area contributed by atoms with E-state index in [1.54, 1.807) is 20.8 Å². The highest BCUT2D eigenvalue weighted by Gasteiger charge is 2.44. The molecule has 0 aliphatic heterocycles. The molecule has 50 heavy (non-hydrogen) atoms. The molecule has 2 fully saturated rings. The molecule has 0 saturated heterocycles. The largest absolute Gasteiger partial charge is 0.476 e. The lowest BCUT2D eigenvalue weighted by Gasteiger charge is -2.36. The van der Waals surface area contributed by atoms with Gasteiger partial charge in [0.05, 0.1) is 54.2 Å². The third-order valence-electron chi connectivity index (χ3n) is 9.19. The van der Waals surface area contributed by atoms with Crippen molar-refractivity contribution >= 4 is 11.9 Å². The van der Waals surface area contributed by atoms with Gasteiger partial charge in [0, 0.05) is 48.6 Å². The van der Waals surface area contributed by atoms with E-state index in [0.717, 1.165) is 16.9 Å². The first kappa shape index (κ1) is 36.4. The molecule has 18 heteroatoms. The van der Waals surface area contributed by atoms with Crippen LogP contribution in [0.25, 0.3) is 11.4 Å². The third kappa shape index (κ3) is 7.94. The number of nitrogens with zero attached hydrogens (tertiary/aromatic N) is 8. The first-order chi connectivity index (χ1) is 23.4. The lowest BCUT2D eigenvalue weighted by Crippen LogP contribution is -2.35. The van der Waals surface area contributed by atoms with Gasteiger partial charge in [-0.25, -0.2) is 45.3 Å². The lowest BCUT2D eigenvalue weighted by molar-refractivity contribution is -0.0510. The molecule has 2 aliphatic rings. The van der Waals surface area contributed by atoms with Crippen molar-refractivity contribution in [1.29, 1.82) is 0 Å². The van der Waals surface area contributed by atoms with Crippen molar-refractivity contribution < 1.29 is 45.8 Å². The summed E-state index contributed by atoms with van der Waals surface area (Å²) in [6.07, 6.45) is 4.66. The van der Waals surface area contributed by atoms with Gasteiger partial charge >= 0.3 is 11.9 Å². The minimum Gasteiger partial charge on any atom is -0.476 e. The number of rotatable bonds is 7. The molecular formula is C32H34F6N8O4. The number of carboxylic acid groups (broad SMARTS) is 1. The molecule has 2 aliphatic carbocycles. The summed E-state index contributed by atoms with van der Waals surface area (Å²) in [5, 5.41) is 23.3. The van der Waals surface area contributed by atoms with E-state index in [4.69, 9.17) is 9.84 Å². The van der Waals surface area contributed by atoms with Crippen LogP contribution in [0.3, 0.4) is 0 Å². The Morgan fingerprint density at radius 3 is 1.50 bits per heavy atom. The van der Waals surface area contributed by atoms with Crippen LogP contribution < -0.4 is 0 Å². The molecule has 4 aromatic rings. The second-order valence-corrected chi connectivity index (χ2v) is 13.0. The highest BCUT2D eigenvalue weighted by molar-refractivity contribution is 5.86. The zero-order valence-corrected chi connectivity index (χ0v) is 27.3. The molecule has 6 rings (SSSR count). The number of esters is 1. The maximum absolute atomic E-state index is 14.6. The highest BCUT2D eigenvalue weighted by Crippen LogP contribution is 2.46. The summed E-state index contributed by atoms with van der Waals surface area (Å²) >= 11 is 0. The van der Waals surface area contributed by atoms with Gasteiger partial charge in [-0.15, -0.1) is 10.2 Å². The van der Waals surface area contributed by atoms with E-state index >= 15 is 0 Å². The van der Waals surface area contributed by atoms with Crippen molar-refractivity contribution in [3.05, 3.63) is 71.3 Å². The number of pyridine rings is 2. The third-order valence-corrected chi connectivity index (χ3v) is 9.19. The van der Waals surface area contributed by atoms with Crippen molar-refractivity contribution in [2.24, 2.45) is 0 Å². The summed E-state index contributed by atoms with van der Waals surface area (Å²) < 4.78 is 89.7. The smallest absolute Gasteiger partial charge is 0.360 e. The van der Waals surface area contributed by atoms with Gasteiger partial charge < -0.3 is 9.84 Å². The Kier molecular flexibility index (Phi) is 10.0. The molecule has 268 valence electrons. The van der Waals surface area contributed by atoms with E-state index in [2.05, 4.69) is 30.6 Å². The van der Waals surface area contributed by atoms with Gasteiger partial charge in [0.2, 0.25) is 11.8 Å². The summed E-state index contributed by atoms with van der Waals surface area (Å²) in [7, 11) is 0. The van der Waals surface area contributed by atoms with Crippen LogP contribution in [0.4, 0.5) is 26.3 Å². The molecule has 0 radical (unpaired) electrons. The Morgan fingerprint density at radius 1 is 0.740 bits per heavy atom. The van der Waals surface area contributed by atoms with Gasteiger partial charge in [-0.2, -0.15) is 0 Å². The number of aromatic carboxylic acids is 1. The van der Waals surface area contributed by atoms with E-state index in [1.807, 2.05) is 0 Å². The number of aromatic nitrogens is 8. The highest BCUT2D eigenvalue weighted by atomic mass is 19.3. The maximum Gasteiger partial charge on any atom is 0.360 e. The maximum atomic E-state index is 14.6. The molecular weight excluding hydrogens is 674 g/mol. The minimum atomic E-state index is -2.70. The number of ether oxygens (including phenoxy) is 1. The molecule has 0 bridgehead atoms. The van der Waals surface area contributed by atoms with Crippen molar-refractivity contribution in [3.63, 3.8) is 0 Å².